The number of aromatic amines is 1. The summed E-state index contributed by atoms with van der Waals surface area (Å²) in [7, 11) is 0. The van der Waals surface area contributed by atoms with Gasteiger partial charge in [0.25, 0.3) is 0 Å². The molecule has 2 aromatic heterocycles. The van der Waals surface area contributed by atoms with Crippen LogP contribution in [-0.2, 0) is 6.54 Å². The fraction of sp³-hybridized carbons (Fsp3) is 0.455. The number of nitrogens with one attached hydrogen (secondary N) is 2. The third-order valence-corrected chi connectivity index (χ3v) is 5.93. The molecule has 2 aliphatic heterocycles. The van der Waals surface area contributed by atoms with Crippen molar-refractivity contribution in [1.29, 1.82) is 0 Å². The number of fused-ring (bicyclic) bond motifs is 1. The molecule has 0 amide bonds. The molecule has 0 atom stereocenters. The average molecular weight is 377 g/mol. The minimum Gasteiger partial charge on any atom is -0.361 e. The molecule has 2 saturated heterocycles. The molecule has 0 unspecified atom stereocenters. The molecule has 2 N–H and O–H groups in total. The molecule has 0 spiro atoms. The van der Waals surface area contributed by atoms with E-state index in [1.165, 1.54) is 42.1 Å². The van der Waals surface area contributed by atoms with E-state index in [0.717, 1.165) is 44.5 Å². The number of nitrogens with zero attached hydrogens (tertiary/aromatic N) is 4. The summed E-state index contributed by atoms with van der Waals surface area (Å²) in [5.74, 6) is 1.83. The van der Waals surface area contributed by atoms with Crippen molar-refractivity contribution in [2.24, 2.45) is 0 Å². The predicted molar refractivity (Wildman–Crippen MR) is 114 cm³/mol. The highest BCUT2D eigenvalue weighted by Gasteiger charge is 2.27. The Balaban J connectivity index is 1.17. The molecule has 5 rings (SSSR count). The topological polar surface area (TPSA) is 60.1 Å². The lowest BCUT2D eigenvalue weighted by Gasteiger charge is -2.39. The molecule has 0 aliphatic carbocycles. The van der Waals surface area contributed by atoms with Crippen LogP contribution in [0, 0.1) is 0 Å². The van der Waals surface area contributed by atoms with Crippen molar-refractivity contribution in [2.45, 2.75) is 38.3 Å². The fourth-order valence-electron chi connectivity index (χ4n) is 4.37. The zero-order valence-corrected chi connectivity index (χ0v) is 16.3. The Morgan fingerprint density at radius 3 is 2.71 bits per heavy atom. The van der Waals surface area contributed by atoms with Crippen LogP contribution < -0.4 is 10.2 Å². The van der Waals surface area contributed by atoms with Gasteiger partial charge in [-0.05, 0) is 30.5 Å². The maximum Gasteiger partial charge on any atom is 0.224 e. The molecule has 0 saturated carbocycles. The van der Waals surface area contributed by atoms with Crippen LogP contribution in [0.4, 0.5) is 11.8 Å². The van der Waals surface area contributed by atoms with E-state index in [1.807, 2.05) is 12.3 Å². The van der Waals surface area contributed by atoms with Gasteiger partial charge in [-0.3, -0.25) is 4.90 Å². The second-order valence-electron chi connectivity index (χ2n) is 8.03. The summed E-state index contributed by atoms with van der Waals surface area (Å²) >= 11 is 0. The number of hydrogen-bond acceptors (Lipinski definition) is 5. The first-order chi connectivity index (χ1) is 13.8. The Kier molecular flexibility index (Phi) is 4.87. The van der Waals surface area contributed by atoms with E-state index < -0.39 is 0 Å². The molecule has 4 heterocycles. The van der Waals surface area contributed by atoms with Crippen molar-refractivity contribution >= 4 is 22.7 Å². The monoisotopic (exact) mass is 376 g/mol. The number of hydrogen-bond donors (Lipinski definition) is 2. The van der Waals surface area contributed by atoms with E-state index >= 15 is 0 Å². The second kappa shape index (κ2) is 7.80. The quantitative estimate of drug-likeness (QED) is 0.712. The number of anilines is 2. The van der Waals surface area contributed by atoms with Gasteiger partial charge in [0.1, 0.15) is 5.82 Å². The Morgan fingerprint density at radius 2 is 1.86 bits per heavy atom. The summed E-state index contributed by atoms with van der Waals surface area (Å²) in [4.78, 5) is 17.5. The number of para-hydroxylation sites is 1. The minimum absolute atomic E-state index is 0.421. The van der Waals surface area contributed by atoms with Gasteiger partial charge in [-0.15, -0.1) is 0 Å². The van der Waals surface area contributed by atoms with Gasteiger partial charge in [0.05, 0.1) is 6.04 Å². The van der Waals surface area contributed by atoms with Gasteiger partial charge in [0.2, 0.25) is 5.95 Å². The number of likely N-dealkylation sites (tertiary alicyclic amines) is 1. The van der Waals surface area contributed by atoms with E-state index in [9.17, 15) is 0 Å². The highest BCUT2D eigenvalue weighted by molar-refractivity contribution is 5.82. The van der Waals surface area contributed by atoms with E-state index in [-0.39, 0.29) is 0 Å². The lowest BCUT2D eigenvalue weighted by Crippen LogP contribution is -2.54. The van der Waals surface area contributed by atoms with Crippen LogP contribution in [0.5, 0.6) is 0 Å². The van der Waals surface area contributed by atoms with Gasteiger partial charge in [-0.2, -0.15) is 4.98 Å². The van der Waals surface area contributed by atoms with Crippen LogP contribution in [0.1, 0.15) is 31.2 Å². The molecule has 1 aromatic carbocycles. The van der Waals surface area contributed by atoms with E-state index in [1.54, 1.807) is 0 Å². The molecule has 6 nitrogen and oxygen atoms in total. The lowest BCUT2D eigenvalue weighted by molar-refractivity contribution is 0.153. The molecule has 146 valence electrons. The average Bonchev–Trinajstić information content (AvgIpc) is 2.91. The molecule has 0 bridgehead atoms. The zero-order valence-electron chi connectivity index (χ0n) is 16.3. The van der Waals surface area contributed by atoms with E-state index in [0.29, 0.717) is 6.04 Å². The largest absolute Gasteiger partial charge is 0.361 e. The minimum atomic E-state index is 0.421. The van der Waals surface area contributed by atoms with E-state index in [2.05, 4.69) is 55.5 Å². The molecular weight excluding hydrogens is 348 g/mol. The molecule has 2 fully saturated rings. The third-order valence-electron chi connectivity index (χ3n) is 5.93. The highest BCUT2D eigenvalue weighted by Crippen LogP contribution is 2.23. The standard InChI is InChI=1S/C22H28N6/c1-2-6-12-28(11-5-1)21-9-10-23-22(26-21)25-18-15-27(16-18)14-17-13-24-20-8-4-3-7-19(17)20/h3-4,7-10,13,18,24H,1-2,5-6,11-12,14-16H2,(H,23,25,26). The number of rotatable bonds is 5. The molecule has 2 aliphatic rings. The van der Waals surface area contributed by atoms with Crippen molar-refractivity contribution in [1.82, 2.24) is 19.9 Å². The number of H-pyrrole nitrogens is 1. The molecule has 3 aromatic rings. The Labute approximate surface area is 166 Å². The Morgan fingerprint density at radius 1 is 1.04 bits per heavy atom. The van der Waals surface area contributed by atoms with Gasteiger partial charge < -0.3 is 15.2 Å². The van der Waals surface area contributed by atoms with Crippen molar-refractivity contribution in [3.8, 4) is 0 Å². The van der Waals surface area contributed by atoms with Crippen LogP contribution in [0.25, 0.3) is 10.9 Å². The molecule has 6 heteroatoms. The summed E-state index contributed by atoms with van der Waals surface area (Å²) in [5, 5.41) is 4.85. The molecule has 28 heavy (non-hydrogen) atoms. The molecule has 0 radical (unpaired) electrons. The fourth-order valence-corrected chi connectivity index (χ4v) is 4.37. The predicted octanol–water partition coefficient (Wildman–Crippen LogP) is 3.63. The first-order valence-corrected chi connectivity index (χ1v) is 10.5. The second-order valence-corrected chi connectivity index (χ2v) is 8.03. The van der Waals surface area contributed by atoms with Gasteiger partial charge >= 0.3 is 0 Å². The van der Waals surface area contributed by atoms with Gasteiger partial charge in [0, 0.05) is 56.0 Å². The maximum absolute atomic E-state index is 4.78. The number of aromatic nitrogens is 3. The van der Waals surface area contributed by atoms with Crippen molar-refractivity contribution in [3.05, 3.63) is 48.3 Å². The Bertz CT molecular complexity index is 921. The van der Waals surface area contributed by atoms with Crippen LogP contribution in [-0.4, -0.2) is 52.1 Å². The smallest absolute Gasteiger partial charge is 0.224 e. The summed E-state index contributed by atoms with van der Waals surface area (Å²) < 4.78 is 0. The summed E-state index contributed by atoms with van der Waals surface area (Å²) in [6.07, 6.45) is 9.22. The van der Waals surface area contributed by atoms with E-state index in [4.69, 9.17) is 4.98 Å². The van der Waals surface area contributed by atoms with Crippen molar-refractivity contribution < 1.29 is 0 Å². The summed E-state index contributed by atoms with van der Waals surface area (Å²) in [5.41, 5.74) is 2.58. The molecular formula is C22H28N6. The normalized spacial score (nSPS) is 18.8. The first-order valence-electron chi connectivity index (χ1n) is 10.5. The SMILES string of the molecule is c1ccc2c(CN3CC(Nc4nccc(N5CCCCCC5)n4)C3)c[nH]c2c1. The maximum atomic E-state index is 4.78. The van der Waals surface area contributed by atoms with Crippen molar-refractivity contribution in [3.63, 3.8) is 0 Å². The number of benzene rings is 1. The van der Waals surface area contributed by atoms with Crippen LogP contribution in [0.3, 0.4) is 0 Å². The zero-order chi connectivity index (χ0) is 18.8. The van der Waals surface area contributed by atoms with Crippen molar-refractivity contribution in [2.75, 3.05) is 36.4 Å². The summed E-state index contributed by atoms with van der Waals surface area (Å²) in [6.45, 7) is 5.25. The van der Waals surface area contributed by atoms with Crippen LogP contribution in [0.2, 0.25) is 0 Å². The summed E-state index contributed by atoms with van der Waals surface area (Å²) in [6, 6.07) is 11.0. The van der Waals surface area contributed by atoms with Gasteiger partial charge in [-0.1, -0.05) is 31.0 Å². The Hall–Kier alpha value is -2.60. The van der Waals surface area contributed by atoms with Gasteiger partial charge in [0.15, 0.2) is 0 Å². The van der Waals surface area contributed by atoms with Crippen LogP contribution in [0.15, 0.2) is 42.7 Å². The van der Waals surface area contributed by atoms with Gasteiger partial charge in [-0.25, -0.2) is 4.98 Å². The first kappa shape index (κ1) is 17.5. The highest BCUT2D eigenvalue weighted by atomic mass is 15.3. The van der Waals surface area contributed by atoms with Crippen LogP contribution >= 0.6 is 0 Å². The third kappa shape index (κ3) is 3.69. The lowest BCUT2D eigenvalue weighted by atomic mass is 10.1.